The Kier molecular flexibility index (Phi) is 6.60. The highest BCUT2D eigenvalue weighted by Crippen LogP contribution is 2.40. The second kappa shape index (κ2) is 8.81. The lowest BCUT2D eigenvalue weighted by molar-refractivity contribution is -0.189. The summed E-state index contributed by atoms with van der Waals surface area (Å²) in [5.41, 5.74) is -0.451. The number of carbonyl (C=O) groups is 1. The van der Waals surface area contributed by atoms with Crippen LogP contribution in [0.1, 0.15) is 28.8 Å². The molecule has 0 radical (unpaired) electrons. The van der Waals surface area contributed by atoms with Crippen LogP contribution in [0.2, 0.25) is 0 Å². The number of hydrogen-bond donors (Lipinski definition) is 0. The highest BCUT2D eigenvalue weighted by molar-refractivity contribution is 7.90. The number of benzene rings is 2. The summed E-state index contributed by atoms with van der Waals surface area (Å²) in [7, 11) is -2.85. The van der Waals surface area contributed by atoms with E-state index in [4.69, 9.17) is 9.47 Å². The fourth-order valence-corrected chi connectivity index (χ4v) is 4.27. The van der Waals surface area contributed by atoms with Crippen molar-refractivity contribution in [2.75, 3.05) is 26.5 Å². The van der Waals surface area contributed by atoms with E-state index in [1.54, 1.807) is 0 Å². The van der Waals surface area contributed by atoms with Crippen molar-refractivity contribution in [3.05, 3.63) is 53.1 Å². The summed E-state index contributed by atoms with van der Waals surface area (Å²) in [5, 5.41) is 0. The van der Waals surface area contributed by atoms with Gasteiger partial charge in [0.2, 0.25) is 0 Å². The van der Waals surface area contributed by atoms with Crippen molar-refractivity contribution in [2.24, 2.45) is 0 Å². The van der Waals surface area contributed by atoms with Crippen LogP contribution in [0.25, 0.3) is 0 Å². The minimum atomic E-state index is -4.75. The van der Waals surface area contributed by atoms with Crippen LogP contribution in [0.4, 0.5) is 22.0 Å². The van der Waals surface area contributed by atoms with Crippen LogP contribution >= 0.6 is 0 Å². The van der Waals surface area contributed by atoms with E-state index in [2.05, 4.69) is 0 Å². The van der Waals surface area contributed by atoms with Crippen molar-refractivity contribution in [1.29, 1.82) is 0 Å². The van der Waals surface area contributed by atoms with Crippen molar-refractivity contribution in [3.63, 3.8) is 0 Å². The second-order valence-electron chi connectivity index (χ2n) is 7.59. The quantitative estimate of drug-likeness (QED) is 0.570. The Hall–Kier alpha value is -2.89. The largest absolute Gasteiger partial charge is 0.494 e. The zero-order valence-corrected chi connectivity index (χ0v) is 18.6. The van der Waals surface area contributed by atoms with Gasteiger partial charge in [-0.2, -0.15) is 13.2 Å². The third kappa shape index (κ3) is 4.90. The van der Waals surface area contributed by atoms with E-state index >= 15 is 0 Å². The Balaban J connectivity index is 1.99. The summed E-state index contributed by atoms with van der Waals surface area (Å²) in [4.78, 5) is 13.9. The molecule has 3 rings (SSSR count). The summed E-state index contributed by atoms with van der Waals surface area (Å²) in [6, 6.07) is 5.59. The molecule has 0 aromatic heterocycles. The van der Waals surface area contributed by atoms with Crippen LogP contribution in [0.5, 0.6) is 11.5 Å². The van der Waals surface area contributed by atoms with E-state index in [1.807, 2.05) is 0 Å². The lowest BCUT2D eigenvalue weighted by Gasteiger charge is -2.40. The van der Waals surface area contributed by atoms with Crippen LogP contribution in [0.15, 0.2) is 35.2 Å². The maximum Gasteiger partial charge on any atom is 0.425 e. The molecule has 0 saturated carbocycles. The number of hydrogen-bond acceptors (Lipinski definition) is 5. The summed E-state index contributed by atoms with van der Waals surface area (Å²) in [6.07, 6.45) is -6.20. The van der Waals surface area contributed by atoms with Gasteiger partial charge in [0.25, 0.3) is 5.91 Å². The molecule has 0 N–H and O–H groups in total. The number of nitrogens with zero attached hydrogens (tertiary/aromatic N) is 1. The Labute approximate surface area is 186 Å². The van der Waals surface area contributed by atoms with Gasteiger partial charge in [0.15, 0.2) is 33.3 Å². The molecule has 2 aromatic carbocycles. The van der Waals surface area contributed by atoms with Gasteiger partial charge in [-0.3, -0.25) is 4.79 Å². The average molecular weight is 493 g/mol. The normalized spacial score (nSPS) is 15.7. The lowest BCUT2D eigenvalue weighted by Crippen LogP contribution is -2.49. The van der Waals surface area contributed by atoms with Crippen molar-refractivity contribution < 1.29 is 44.6 Å². The molecule has 1 aliphatic heterocycles. The van der Waals surface area contributed by atoms with Gasteiger partial charge >= 0.3 is 6.18 Å². The zero-order chi connectivity index (χ0) is 24.7. The monoisotopic (exact) mass is 493 g/mol. The molecule has 12 heteroatoms. The molecule has 1 amide bonds. The molecular formula is C21H20F5NO5S. The minimum absolute atomic E-state index is 0.0538. The molecule has 1 aliphatic rings. The summed E-state index contributed by atoms with van der Waals surface area (Å²) >= 11 is 0. The Morgan fingerprint density at radius 3 is 2.33 bits per heavy atom. The number of carbonyl (C=O) groups excluding carboxylic acids is 1. The van der Waals surface area contributed by atoms with Crippen LogP contribution in [-0.2, 0) is 9.84 Å². The predicted octanol–water partition coefficient (Wildman–Crippen LogP) is 3.95. The maximum atomic E-state index is 14.1. The van der Waals surface area contributed by atoms with E-state index < -0.39 is 67.5 Å². The maximum absolute atomic E-state index is 14.1. The van der Waals surface area contributed by atoms with Crippen LogP contribution < -0.4 is 9.47 Å². The van der Waals surface area contributed by atoms with Gasteiger partial charge in [0.1, 0.15) is 16.2 Å². The van der Waals surface area contributed by atoms with Crippen LogP contribution in [-0.4, -0.2) is 58.0 Å². The van der Waals surface area contributed by atoms with Gasteiger partial charge in [-0.15, -0.1) is 0 Å². The Bertz CT molecular complexity index is 1180. The van der Waals surface area contributed by atoms with Gasteiger partial charge < -0.3 is 14.4 Å². The number of methoxy groups -OCH3 is 1. The van der Waals surface area contributed by atoms with Gasteiger partial charge in [0.05, 0.1) is 7.11 Å². The number of ether oxygens (including phenoxy) is 2. The molecule has 6 nitrogen and oxygen atoms in total. The molecule has 0 spiro atoms. The molecule has 1 atom stereocenters. The molecule has 0 aliphatic carbocycles. The molecule has 0 unspecified atom stereocenters. The molecule has 33 heavy (non-hydrogen) atoms. The smallest absolute Gasteiger partial charge is 0.425 e. The first-order valence-electron chi connectivity index (χ1n) is 9.63. The summed E-state index contributed by atoms with van der Waals surface area (Å²) < 4.78 is 101. The molecule has 1 fully saturated rings. The van der Waals surface area contributed by atoms with E-state index in [1.165, 1.54) is 12.1 Å². The first kappa shape index (κ1) is 24.7. The highest BCUT2D eigenvalue weighted by atomic mass is 32.2. The van der Waals surface area contributed by atoms with Crippen molar-refractivity contribution >= 4 is 15.7 Å². The molecular weight excluding hydrogens is 473 g/mol. The van der Waals surface area contributed by atoms with E-state index in [9.17, 15) is 35.2 Å². The van der Waals surface area contributed by atoms with Crippen molar-refractivity contribution in [3.8, 4) is 11.5 Å². The third-order valence-corrected chi connectivity index (χ3v) is 6.38. The van der Waals surface area contributed by atoms with Gasteiger partial charge in [-0.1, -0.05) is 12.1 Å². The minimum Gasteiger partial charge on any atom is -0.494 e. The molecule has 1 heterocycles. The molecule has 180 valence electrons. The lowest BCUT2D eigenvalue weighted by atomic mass is 9.90. The topological polar surface area (TPSA) is 72.9 Å². The SMILES string of the molecule is COc1c(S(C)(=O)=O)ccc(O[C@@H](C)C(F)(F)F)c1C(=O)N1CC(c2cccc(F)c2F)C1. The number of likely N-dealkylation sites (tertiary alicyclic amines) is 1. The number of halogens is 5. The molecule has 2 aromatic rings. The summed E-state index contributed by atoms with van der Waals surface area (Å²) in [6.45, 7) is 0.594. The second-order valence-corrected chi connectivity index (χ2v) is 9.58. The molecule has 0 bridgehead atoms. The van der Waals surface area contributed by atoms with Gasteiger partial charge in [0, 0.05) is 25.3 Å². The van der Waals surface area contributed by atoms with Crippen LogP contribution in [0.3, 0.4) is 0 Å². The van der Waals surface area contributed by atoms with Gasteiger partial charge in [-0.25, -0.2) is 17.2 Å². The fourth-order valence-electron chi connectivity index (χ4n) is 3.43. The summed E-state index contributed by atoms with van der Waals surface area (Å²) in [5.74, 6) is -4.49. The third-order valence-electron chi connectivity index (χ3n) is 5.26. The molecule has 1 saturated heterocycles. The van der Waals surface area contributed by atoms with E-state index in [0.717, 1.165) is 43.4 Å². The Morgan fingerprint density at radius 1 is 1.15 bits per heavy atom. The number of alkyl halides is 3. The van der Waals surface area contributed by atoms with Crippen LogP contribution in [0, 0.1) is 11.6 Å². The standard InChI is InChI=1S/C21H20F5NO5S/c1-11(21(24,25)26)32-15-7-8-16(33(3,29)30)19(31-2)17(15)20(28)27-9-12(10-27)13-5-4-6-14(22)18(13)23/h4-8,11-12H,9-10H2,1-3H3/t11-/m0/s1. The number of amides is 1. The Morgan fingerprint density at radius 2 is 1.79 bits per heavy atom. The van der Waals surface area contributed by atoms with Crippen molar-refractivity contribution in [2.45, 2.75) is 30.0 Å². The zero-order valence-electron chi connectivity index (χ0n) is 17.7. The first-order chi connectivity index (χ1) is 15.3. The van der Waals surface area contributed by atoms with E-state index in [-0.39, 0.29) is 18.7 Å². The highest BCUT2D eigenvalue weighted by Gasteiger charge is 2.41. The predicted molar refractivity (Wildman–Crippen MR) is 107 cm³/mol. The fraction of sp³-hybridized carbons (Fsp3) is 0.381. The van der Waals surface area contributed by atoms with Crippen molar-refractivity contribution in [1.82, 2.24) is 4.90 Å². The van der Waals surface area contributed by atoms with Gasteiger partial charge in [-0.05, 0) is 30.7 Å². The number of rotatable bonds is 6. The number of sulfone groups is 1. The van der Waals surface area contributed by atoms with E-state index in [0.29, 0.717) is 0 Å². The average Bonchev–Trinajstić information content (AvgIpc) is 2.67. The first-order valence-corrected chi connectivity index (χ1v) is 11.5.